The highest BCUT2D eigenvalue weighted by Crippen LogP contribution is 2.18. The molecule has 1 N–H and O–H groups in total. The molecule has 0 fully saturated rings. The SMILES string of the molecule is COCC(=O)Nc1cccc(C=CC(=O)c2c(OC)cc(C)n(C)c2=O)c1. The Kier molecular flexibility index (Phi) is 6.67. The summed E-state index contributed by atoms with van der Waals surface area (Å²) in [7, 11) is 4.46. The van der Waals surface area contributed by atoms with Crippen LogP contribution in [0.1, 0.15) is 21.6 Å². The summed E-state index contributed by atoms with van der Waals surface area (Å²) in [5, 5.41) is 2.69. The highest BCUT2D eigenvalue weighted by molar-refractivity contribution is 6.08. The van der Waals surface area contributed by atoms with Crippen LogP contribution in [0.25, 0.3) is 6.08 Å². The second-order valence-corrected chi connectivity index (χ2v) is 5.90. The van der Waals surface area contributed by atoms with Crippen molar-refractivity contribution in [1.29, 1.82) is 0 Å². The van der Waals surface area contributed by atoms with E-state index in [0.29, 0.717) is 16.9 Å². The molecule has 0 unspecified atom stereocenters. The average Bonchev–Trinajstić information content (AvgIpc) is 2.64. The number of rotatable bonds is 7. The number of hydrogen-bond donors (Lipinski definition) is 1. The van der Waals surface area contributed by atoms with Gasteiger partial charge >= 0.3 is 0 Å². The number of aryl methyl sites for hydroxylation is 1. The van der Waals surface area contributed by atoms with Crippen LogP contribution in [0, 0.1) is 6.92 Å². The van der Waals surface area contributed by atoms with Crippen molar-refractivity contribution in [2.75, 3.05) is 26.1 Å². The molecule has 1 aromatic heterocycles. The van der Waals surface area contributed by atoms with E-state index < -0.39 is 11.3 Å². The Balaban J connectivity index is 2.27. The van der Waals surface area contributed by atoms with Gasteiger partial charge in [0.1, 0.15) is 17.9 Å². The molecule has 7 heteroatoms. The second kappa shape index (κ2) is 8.95. The molecule has 142 valence electrons. The molecule has 0 aliphatic heterocycles. The Morgan fingerprint density at radius 2 is 1.96 bits per heavy atom. The fourth-order valence-electron chi connectivity index (χ4n) is 2.48. The molecule has 0 aliphatic carbocycles. The Morgan fingerprint density at radius 1 is 1.22 bits per heavy atom. The molecule has 7 nitrogen and oxygen atoms in total. The molecule has 0 radical (unpaired) electrons. The van der Waals surface area contributed by atoms with Gasteiger partial charge in [-0.05, 0) is 30.7 Å². The summed E-state index contributed by atoms with van der Waals surface area (Å²) in [6, 6.07) is 8.61. The lowest BCUT2D eigenvalue weighted by molar-refractivity contribution is -0.119. The molecule has 1 aromatic carbocycles. The Hall–Kier alpha value is -3.19. The van der Waals surface area contributed by atoms with E-state index in [1.165, 1.54) is 24.9 Å². The summed E-state index contributed by atoms with van der Waals surface area (Å²) in [6.07, 6.45) is 2.89. The number of allylic oxidation sites excluding steroid dienone is 1. The summed E-state index contributed by atoms with van der Waals surface area (Å²) in [5.74, 6) is -0.491. The van der Waals surface area contributed by atoms with Gasteiger partial charge in [0, 0.05) is 31.6 Å². The van der Waals surface area contributed by atoms with Crippen molar-refractivity contribution in [3.8, 4) is 5.75 Å². The third kappa shape index (κ3) is 4.92. The first-order valence-electron chi connectivity index (χ1n) is 8.23. The number of pyridine rings is 1. The third-order valence-electron chi connectivity index (χ3n) is 3.97. The van der Waals surface area contributed by atoms with Crippen LogP contribution in [0.5, 0.6) is 5.75 Å². The molecule has 0 bridgehead atoms. The van der Waals surface area contributed by atoms with Gasteiger partial charge in [0.25, 0.3) is 5.56 Å². The number of aromatic nitrogens is 1. The van der Waals surface area contributed by atoms with Gasteiger partial charge in [-0.2, -0.15) is 0 Å². The van der Waals surface area contributed by atoms with Crippen molar-refractivity contribution in [2.24, 2.45) is 7.05 Å². The van der Waals surface area contributed by atoms with E-state index >= 15 is 0 Å². The third-order valence-corrected chi connectivity index (χ3v) is 3.97. The molecule has 0 spiro atoms. The predicted octanol–water partition coefficient (Wildman–Crippen LogP) is 2.18. The molecule has 2 aromatic rings. The minimum atomic E-state index is -0.457. The van der Waals surface area contributed by atoms with Gasteiger partial charge in [-0.25, -0.2) is 0 Å². The summed E-state index contributed by atoms with van der Waals surface area (Å²) >= 11 is 0. The Labute approximate surface area is 157 Å². The smallest absolute Gasteiger partial charge is 0.265 e. The lowest BCUT2D eigenvalue weighted by Gasteiger charge is -2.10. The van der Waals surface area contributed by atoms with E-state index in [1.54, 1.807) is 50.4 Å². The normalized spacial score (nSPS) is 10.8. The van der Waals surface area contributed by atoms with Crippen LogP contribution in [-0.2, 0) is 16.6 Å². The lowest BCUT2D eigenvalue weighted by Crippen LogP contribution is -2.26. The largest absolute Gasteiger partial charge is 0.496 e. The molecule has 1 heterocycles. The number of carbonyl (C=O) groups is 2. The molecule has 1 amide bonds. The van der Waals surface area contributed by atoms with Crippen LogP contribution in [0.3, 0.4) is 0 Å². The molecular formula is C20H22N2O5. The number of anilines is 1. The van der Waals surface area contributed by atoms with E-state index in [2.05, 4.69) is 5.32 Å². The number of methoxy groups -OCH3 is 2. The summed E-state index contributed by atoms with van der Waals surface area (Å²) < 4.78 is 11.4. The minimum absolute atomic E-state index is 0.0219. The van der Waals surface area contributed by atoms with Crippen molar-refractivity contribution in [1.82, 2.24) is 4.57 Å². The van der Waals surface area contributed by atoms with Gasteiger partial charge in [-0.1, -0.05) is 18.2 Å². The zero-order valence-electron chi connectivity index (χ0n) is 15.7. The second-order valence-electron chi connectivity index (χ2n) is 5.90. The fraction of sp³-hybridized carbons (Fsp3) is 0.250. The maximum atomic E-state index is 12.6. The molecule has 0 atom stereocenters. The average molecular weight is 370 g/mol. The number of nitrogens with one attached hydrogen (secondary N) is 1. The van der Waals surface area contributed by atoms with Crippen LogP contribution in [-0.4, -0.2) is 37.1 Å². The number of hydrogen-bond acceptors (Lipinski definition) is 5. The number of carbonyl (C=O) groups excluding carboxylic acids is 2. The van der Waals surface area contributed by atoms with E-state index in [1.807, 2.05) is 0 Å². The topological polar surface area (TPSA) is 86.6 Å². The van der Waals surface area contributed by atoms with Crippen LogP contribution in [0.4, 0.5) is 5.69 Å². The quantitative estimate of drug-likeness (QED) is 0.596. The van der Waals surface area contributed by atoms with Crippen molar-refractivity contribution in [3.05, 3.63) is 63.6 Å². The summed E-state index contributed by atoms with van der Waals surface area (Å²) in [5.41, 5.74) is 1.53. The fourth-order valence-corrected chi connectivity index (χ4v) is 2.48. The van der Waals surface area contributed by atoms with Gasteiger partial charge in [0.05, 0.1) is 7.11 Å². The van der Waals surface area contributed by atoms with E-state index in [-0.39, 0.29) is 23.8 Å². The number of ketones is 1. The van der Waals surface area contributed by atoms with Crippen LogP contribution < -0.4 is 15.6 Å². The summed E-state index contributed by atoms with van der Waals surface area (Å²) in [4.78, 5) is 36.6. The predicted molar refractivity (Wildman–Crippen MR) is 103 cm³/mol. The first-order valence-corrected chi connectivity index (χ1v) is 8.23. The van der Waals surface area contributed by atoms with Gasteiger partial charge in [0.15, 0.2) is 5.78 Å². The van der Waals surface area contributed by atoms with Gasteiger partial charge < -0.3 is 19.4 Å². The van der Waals surface area contributed by atoms with Crippen molar-refractivity contribution in [3.63, 3.8) is 0 Å². The maximum Gasteiger partial charge on any atom is 0.265 e. The van der Waals surface area contributed by atoms with Gasteiger partial charge in [0.2, 0.25) is 5.91 Å². The van der Waals surface area contributed by atoms with Gasteiger partial charge in [-0.3, -0.25) is 14.4 Å². The lowest BCUT2D eigenvalue weighted by atomic mass is 10.1. The van der Waals surface area contributed by atoms with Crippen LogP contribution in [0.2, 0.25) is 0 Å². The first-order chi connectivity index (χ1) is 12.9. The molecular weight excluding hydrogens is 348 g/mol. The first kappa shape index (κ1) is 20.1. The van der Waals surface area contributed by atoms with Crippen molar-refractivity contribution < 1.29 is 19.1 Å². The maximum absolute atomic E-state index is 12.6. The summed E-state index contributed by atoms with van der Waals surface area (Å²) in [6.45, 7) is 1.71. The Morgan fingerprint density at radius 3 is 2.63 bits per heavy atom. The van der Waals surface area contributed by atoms with Gasteiger partial charge in [-0.15, -0.1) is 0 Å². The highest BCUT2D eigenvalue weighted by atomic mass is 16.5. The molecule has 0 saturated carbocycles. The number of ether oxygens (including phenoxy) is 2. The zero-order chi connectivity index (χ0) is 20.0. The van der Waals surface area contributed by atoms with Crippen molar-refractivity contribution >= 4 is 23.5 Å². The monoisotopic (exact) mass is 370 g/mol. The van der Waals surface area contributed by atoms with Crippen LogP contribution in [0.15, 0.2) is 41.2 Å². The molecule has 0 aliphatic rings. The van der Waals surface area contributed by atoms with E-state index in [0.717, 1.165) is 0 Å². The minimum Gasteiger partial charge on any atom is -0.496 e. The highest BCUT2D eigenvalue weighted by Gasteiger charge is 2.17. The van der Waals surface area contributed by atoms with Crippen molar-refractivity contribution in [2.45, 2.75) is 6.92 Å². The molecule has 0 saturated heterocycles. The molecule has 27 heavy (non-hydrogen) atoms. The number of benzene rings is 1. The zero-order valence-corrected chi connectivity index (χ0v) is 15.7. The van der Waals surface area contributed by atoms with E-state index in [9.17, 15) is 14.4 Å². The number of amides is 1. The standard InChI is InChI=1S/C20H22N2O5/c1-13-10-17(27-4)19(20(25)22(13)2)16(23)9-8-14-6-5-7-15(11-14)21-18(24)12-26-3/h5-11H,12H2,1-4H3,(H,21,24). The molecule has 2 rings (SSSR count). The van der Waals surface area contributed by atoms with Crippen LogP contribution >= 0.6 is 0 Å². The number of nitrogens with zero attached hydrogens (tertiary/aromatic N) is 1. The Bertz CT molecular complexity index is 944. The van der Waals surface area contributed by atoms with E-state index in [4.69, 9.17) is 9.47 Å².